The molecule has 2 aromatic carbocycles. The van der Waals surface area contributed by atoms with E-state index in [1.807, 2.05) is 6.92 Å². The third-order valence-electron chi connectivity index (χ3n) is 5.37. The van der Waals surface area contributed by atoms with Gasteiger partial charge in [-0.15, -0.1) is 0 Å². The molecule has 1 atom stereocenters. The third-order valence-corrected chi connectivity index (χ3v) is 8.62. The monoisotopic (exact) mass is 482 g/mol. The van der Waals surface area contributed by atoms with Gasteiger partial charge >= 0.3 is 0 Å². The van der Waals surface area contributed by atoms with E-state index < -0.39 is 20.0 Å². The minimum atomic E-state index is -3.84. The van der Waals surface area contributed by atoms with E-state index in [1.165, 1.54) is 40.7 Å². The first kappa shape index (κ1) is 24.5. The molecule has 1 N–H and O–H groups in total. The molecule has 1 fully saturated rings. The topological polar surface area (TPSA) is 102 Å². The summed E-state index contributed by atoms with van der Waals surface area (Å²) in [5.41, 5.74) is 0.968. The van der Waals surface area contributed by atoms with Gasteiger partial charge in [0, 0.05) is 25.9 Å². The van der Waals surface area contributed by atoms with Crippen LogP contribution >= 0.6 is 0 Å². The first-order chi connectivity index (χ1) is 15.1. The number of nitrogens with zero attached hydrogens (tertiary/aromatic N) is 1. The van der Waals surface area contributed by atoms with E-state index in [2.05, 4.69) is 4.72 Å². The summed E-state index contributed by atoms with van der Waals surface area (Å²) in [6, 6.07) is 10.4. The molecule has 2 aromatic rings. The van der Waals surface area contributed by atoms with Crippen molar-refractivity contribution in [1.82, 2.24) is 4.31 Å². The van der Waals surface area contributed by atoms with Crippen molar-refractivity contribution >= 4 is 25.7 Å². The molecule has 0 radical (unpaired) electrons. The van der Waals surface area contributed by atoms with Crippen molar-refractivity contribution in [2.24, 2.45) is 5.92 Å². The molecule has 1 aliphatic heterocycles. The Kier molecular flexibility index (Phi) is 7.81. The van der Waals surface area contributed by atoms with Crippen molar-refractivity contribution < 1.29 is 26.3 Å². The highest BCUT2D eigenvalue weighted by Gasteiger charge is 2.28. The van der Waals surface area contributed by atoms with Gasteiger partial charge in [-0.05, 0) is 73.7 Å². The highest BCUT2D eigenvalue weighted by atomic mass is 32.2. The van der Waals surface area contributed by atoms with E-state index in [0.717, 1.165) is 12.8 Å². The van der Waals surface area contributed by atoms with Gasteiger partial charge in [0.05, 0.1) is 16.4 Å². The first-order valence-corrected chi connectivity index (χ1v) is 13.4. The smallest absolute Gasteiger partial charge is 0.261 e. The number of ether oxygens (including phenoxy) is 2. The van der Waals surface area contributed by atoms with Crippen molar-refractivity contribution in [3.63, 3.8) is 0 Å². The van der Waals surface area contributed by atoms with Crippen molar-refractivity contribution in [1.29, 1.82) is 0 Å². The maximum absolute atomic E-state index is 12.9. The van der Waals surface area contributed by atoms with Crippen LogP contribution in [0, 0.1) is 12.8 Å². The Hall–Kier alpha value is -2.14. The van der Waals surface area contributed by atoms with E-state index >= 15 is 0 Å². The average Bonchev–Trinajstić information content (AvgIpc) is 2.75. The molecule has 0 saturated carbocycles. The Morgan fingerprint density at radius 1 is 1.03 bits per heavy atom. The minimum Gasteiger partial charge on any atom is -0.491 e. The summed E-state index contributed by atoms with van der Waals surface area (Å²) in [5, 5.41) is 0. The maximum atomic E-state index is 12.9. The van der Waals surface area contributed by atoms with Crippen LogP contribution < -0.4 is 9.46 Å². The van der Waals surface area contributed by atoms with Gasteiger partial charge in [-0.25, -0.2) is 16.8 Å². The normalized spacial score (nSPS) is 17.8. The zero-order chi connectivity index (χ0) is 23.4. The number of aryl methyl sites for hydroxylation is 1. The summed E-state index contributed by atoms with van der Waals surface area (Å²) in [6.45, 7) is 5.62. The molecule has 1 saturated heterocycles. The number of rotatable bonds is 9. The molecule has 0 aromatic heterocycles. The van der Waals surface area contributed by atoms with Crippen LogP contribution in [0.1, 0.15) is 25.3 Å². The molecular formula is C22H30N2O6S2. The number of anilines is 1. The van der Waals surface area contributed by atoms with Crippen LogP contribution in [0.3, 0.4) is 0 Å². The van der Waals surface area contributed by atoms with Gasteiger partial charge < -0.3 is 9.47 Å². The molecule has 32 heavy (non-hydrogen) atoms. The molecule has 0 spiro atoms. The van der Waals surface area contributed by atoms with Crippen LogP contribution in [0.4, 0.5) is 5.69 Å². The minimum absolute atomic E-state index is 0.0908. The molecule has 1 aliphatic rings. The summed E-state index contributed by atoms with van der Waals surface area (Å²) in [4.78, 5) is 0.246. The first-order valence-electron chi connectivity index (χ1n) is 10.5. The lowest BCUT2D eigenvalue weighted by molar-refractivity contribution is 0.146. The van der Waals surface area contributed by atoms with Gasteiger partial charge in [0.1, 0.15) is 12.4 Å². The number of benzene rings is 2. The van der Waals surface area contributed by atoms with E-state index in [1.54, 1.807) is 20.1 Å². The van der Waals surface area contributed by atoms with E-state index in [4.69, 9.17) is 9.47 Å². The molecule has 0 aliphatic carbocycles. The van der Waals surface area contributed by atoms with Crippen LogP contribution in [0.2, 0.25) is 0 Å². The summed E-state index contributed by atoms with van der Waals surface area (Å²) < 4.78 is 65.9. The van der Waals surface area contributed by atoms with Gasteiger partial charge in [-0.3, -0.25) is 4.72 Å². The van der Waals surface area contributed by atoms with Gasteiger partial charge in [-0.2, -0.15) is 4.31 Å². The molecule has 0 amide bonds. The molecule has 3 rings (SSSR count). The van der Waals surface area contributed by atoms with Crippen LogP contribution in [0.5, 0.6) is 5.75 Å². The average molecular weight is 483 g/mol. The van der Waals surface area contributed by atoms with E-state index in [-0.39, 0.29) is 15.5 Å². The SMILES string of the molecule is COCCOc1ccc(S(=O)(=O)Nc2ccc(S(=O)(=O)N3CCCC(C)C3)cc2)cc1C. The highest BCUT2D eigenvalue weighted by Crippen LogP contribution is 2.26. The fraction of sp³-hybridized carbons (Fsp3) is 0.455. The van der Waals surface area contributed by atoms with Crippen molar-refractivity contribution in [2.45, 2.75) is 36.5 Å². The fourth-order valence-electron chi connectivity index (χ4n) is 3.61. The quantitative estimate of drug-likeness (QED) is 0.551. The lowest BCUT2D eigenvalue weighted by Gasteiger charge is -2.30. The van der Waals surface area contributed by atoms with E-state index in [9.17, 15) is 16.8 Å². The number of hydrogen-bond donors (Lipinski definition) is 1. The van der Waals surface area contributed by atoms with Gasteiger partial charge in [0.15, 0.2) is 0 Å². The van der Waals surface area contributed by atoms with Crippen LogP contribution in [0.25, 0.3) is 0 Å². The Balaban J connectivity index is 1.72. The third kappa shape index (κ3) is 5.80. The standard InChI is InChI=1S/C22H30N2O6S2/c1-17-5-4-12-24(16-17)32(27,28)20-8-6-19(7-9-20)23-31(25,26)21-10-11-22(18(2)15-21)30-14-13-29-3/h6-11,15,17,23H,4-5,12-14,16H2,1-3H3. The summed E-state index contributed by atoms with van der Waals surface area (Å²) in [6.07, 6.45) is 1.86. The molecule has 1 unspecified atom stereocenters. The van der Waals surface area contributed by atoms with E-state index in [0.29, 0.717) is 43.5 Å². The lowest BCUT2D eigenvalue weighted by Crippen LogP contribution is -2.39. The summed E-state index contributed by atoms with van der Waals surface area (Å²) >= 11 is 0. The molecule has 0 bridgehead atoms. The summed E-state index contributed by atoms with van der Waals surface area (Å²) in [7, 11) is -5.86. The van der Waals surface area contributed by atoms with Crippen molar-refractivity contribution in [2.75, 3.05) is 38.1 Å². The number of methoxy groups -OCH3 is 1. The maximum Gasteiger partial charge on any atom is 0.261 e. The Morgan fingerprint density at radius 2 is 1.72 bits per heavy atom. The Bertz CT molecular complexity index is 1130. The number of piperidine rings is 1. The molecular weight excluding hydrogens is 452 g/mol. The lowest BCUT2D eigenvalue weighted by atomic mass is 10.0. The number of hydrogen-bond acceptors (Lipinski definition) is 6. The summed E-state index contributed by atoms with van der Waals surface area (Å²) in [5.74, 6) is 0.910. The molecule has 1 heterocycles. The van der Waals surface area contributed by atoms with Crippen LogP contribution in [-0.2, 0) is 24.8 Å². The molecule has 176 valence electrons. The second-order valence-corrected chi connectivity index (χ2v) is 11.6. The predicted octanol–water partition coefficient (Wildman–Crippen LogP) is 3.24. The predicted molar refractivity (Wildman–Crippen MR) is 123 cm³/mol. The van der Waals surface area contributed by atoms with Gasteiger partial charge in [0.25, 0.3) is 10.0 Å². The fourth-order valence-corrected chi connectivity index (χ4v) is 6.35. The molecule has 8 nitrogen and oxygen atoms in total. The Labute approximate surface area is 190 Å². The van der Waals surface area contributed by atoms with Crippen LogP contribution in [-0.4, -0.2) is 54.6 Å². The van der Waals surface area contributed by atoms with Crippen LogP contribution in [0.15, 0.2) is 52.3 Å². The highest BCUT2D eigenvalue weighted by molar-refractivity contribution is 7.92. The molecule has 10 heteroatoms. The largest absolute Gasteiger partial charge is 0.491 e. The number of nitrogens with one attached hydrogen (secondary N) is 1. The second-order valence-electron chi connectivity index (χ2n) is 8.01. The zero-order valence-electron chi connectivity index (χ0n) is 18.6. The van der Waals surface area contributed by atoms with Crippen molar-refractivity contribution in [3.05, 3.63) is 48.0 Å². The van der Waals surface area contributed by atoms with Crippen molar-refractivity contribution in [3.8, 4) is 5.75 Å². The Morgan fingerprint density at radius 3 is 2.34 bits per heavy atom. The second kappa shape index (κ2) is 10.2. The zero-order valence-corrected chi connectivity index (χ0v) is 20.2. The van der Waals surface area contributed by atoms with Gasteiger partial charge in [0.2, 0.25) is 10.0 Å². The number of sulfonamides is 2. The van der Waals surface area contributed by atoms with Gasteiger partial charge in [-0.1, -0.05) is 6.92 Å².